The van der Waals surface area contributed by atoms with Crippen molar-refractivity contribution in [1.82, 2.24) is 19.7 Å². The molecular weight excluding hydrogens is 438 g/mol. The summed E-state index contributed by atoms with van der Waals surface area (Å²) in [6.45, 7) is 5.36. The molecule has 2 aromatic carbocycles. The van der Waals surface area contributed by atoms with Crippen molar-refractivity contribution in [2.24, 2.45) is 0 Å². The quantitative estimate of drug-likeness (QED) is 0.314. The number of amides is 1. The summed E-state index contributed by atoms with van der Waals surface area (Å²) in [7, 11) is 1.22. The molecule has 0 bridgehead atoms. The van der Waals surface area contributed by atoms with E-state index in [0.717, 1.165) is 5.56 Å². The first-order valence-corrected chi connectivity index (χ1v) is 10.7. The normalized spacial score (nSPS) is 10.7. The van der Waals surface area contributed by atoms with Crippen molar-refractivity contribution in [3.05, 3.63) is 76.0 Å². The van der Waals surface area contributed by atoms with E-state index in [1.807, 2.05) is 38.1 Å². The van der Waals surface area contributed by atoms with Crippen LogP contribution in [0.4, 0.5) is 4.79 Å². The molecule has 0 unspecified atom stereocenters. The van der Waals surface area contributed by atoms with Gasteiger partial charge in [0.2, 0.25) is 0 Å². The van der Waals surface area contributed by atoms with Gasteiger partial charge in [0.1, 0.15) is 11.7 Å². The number of hydrogen-bond donors (Lipinski definition) is 2. The van der Waals surface area contributed by atoms with Gasteiger partial charge < -0.3 is 9.47 Å². The molecule has 0 radical (unpaired) electrons. The van der Waals surface area contributed by atoms with Crippen LogP contribution in [0.2, 0.25) is 0 Å². The van der Waals surface area contributed by atoms with E-state index in [1.165, 1.54) is 16.4 Å². The van der Waals surface area contributed by atoms with Crippen LogP contribution in [-0.4, -0.2) is 45.5 Å². The summed E-state index contributed by atoms with van der Waals surface area (Å²) in [5, 5.41) is 14.6. The molecule has 0 aliphatic rings. The van der Waals surface area contributed by atoms with E-state index in [4.69, 9.17) is 10.1 Å². The van der Waals surface area contributed by atoms with Crippen molar-refractivity contribution >= 4 is 17.9 Å². The third-order valence-electron chi connectivity index (χ3n) is 4.93. The van der Waals surface area contributed by atoms with Gasteiger partial charge in [-0.1, -0.05) is 12.1 Å². The fourth-order valence-corrected chi connectivity index (χ4v) is 3.31. The summed E-state index contributed by atoms with van der Waals surface area (Å²) in [5.74, 6) is 0.141. The monoisotopic (exact) mass is 465 g/mol. The van der Waals surface area contributed by atoms with Gasteiger partial charge in [0.15, 0.2) is 0 Å². The fraction of sp³-hybridized carbons (Fsp3) is 0.292. The molecule has 34 heavy (non-hydrogen) atoms. The Labute approximate surface area is 196 Å². The van der Waals surface area contributed by atoms with Crippen molar-refractivity contribution in [1.29, 1.82) is 5.41 Å². The number of carbonyl (C=O) groups excluding carboxylic acids is 2. The van der Waals surface area contributed by atoms with Gasteiger partial charge in [-0.2, -0.15) is 4.68 Å². The molecule has 3 rings (SSSR count). The highest BCUT2D eigenvalue weighted by Gasteiger charge is 2.14. The van der Waals surface area contributed by atoms with Gasteiger partial charge in [-0.25, -0.2) is 14.2 Å². The molecule has 10 heteroatoms. The van der Waals surface area contributed by atoms with E-state index < -0.39 is 6.09 Å². The molecule has 2 N–H and O–H groups in total. The topological polar surface area (TPSA) is 128 Å². The van der Waals surface area contributed by atoms with Gasteiger partial charge in [-0.3, -0.25) is 15.5 Å². The molecule has 0 fully saturated rings. The van der Waals surface area contributed by atoms with Gasteiger partial charge in [0.25, 0.3) is 0 Å². The highest BCUT2D eigenvalue weighted by molar-refractivity contribution is 6.04. The second-order valence-electron chi connectivity index (χ2n) is 7.82. The third-order valence-corrected chi connectivity index (χ3v) is 4.93. The molecule has 1 aromatic heterocycles. The first-order valence-electron chi connectivity index (χ1n) is 10.7. The largest absolute Gasteiger partial charge is 0.463 e. The molecule has 0 spiro atoms. The number of methoxy groups -OCH3 is 1. The zero-order chi connectivity index (χ0) is 24.8. The Morgan fingerprint density at radius 1 is 1.06 bits per heavy atom. The molecule has 0 saturated heterocycles. The molecule has 0 saturated carbocycles. The minimum absolute atomic E-state index is 0.120. The lowest BCUT2D eigenvalue weighted by Crippen LogP contribution is -2.30. The maximum Gasteiger partial charge on any atom is 0.412 e. The Balaban J connectivity index is 1.76. The van der Waals surface area contributed by atoms with Crippen molar-refractivity contribution < 1.29 is 19.1 Å². The van der Waals surface area contributed by atoms with Crippen LogP contribution in [0.5, 0.6) is 0 Å². The molecule has 3 aromatic rings. The average Bonchev–Trinajstić information content (AvgIpc) is 3.11. The summed E-state index contributed by atoms with van der Waals surface area (Å²) < 4.78 is 12.4. The lowest BCUT2D eigenvalue weighted by Gasteiger charge is -2.08. The van der Waals surface area contributed by atoms with Gasteiger partial charge in [0, 0.05) is 12.0 Å². The minimum atomic E-state index is -0.735. The molecule has 0 aliphatic heterocycles. The first kappa shape index (κ1) is 24.4. The van der Waals surface area contributed by atoms with Crippen LogP contribution < -0.4 is 11.0 Å². The molecule has 0 atom stereocenters. The lowest BCUT2D eigenvalue weighted by molar-refractivity contribution is -0.147. The van der Waals surface area contributed by atoms with Crippen molar-refractivity contribution in [3.8, 4) is 11.4 Å². The molecule has 1 heterocycles. The Kier molecular flexibility index (Phi) is 7.62. The van der Waals surface area contributed by atoms with E-state index in [9.17, 15) is 14.4 Å². The second-order valence-corrected chi connectivity index (χ2v) is 7.82. The number of alkyl carbamates (subject to hydrolysis) is 1. The maximum absolute atomic E-state index is 13.1. The highest BCUT2D eigenvalue weighted by Crippen LogP contribution is 2.14. The number of amidine groups is 1. The van der Waals surface area contributed by atoms with Crippen LogP contribution in [0, 0.1) is 12.3 Å². The number of carbonyl (C=O) groups is 2. The fourth-order valence-electron chi connectivity index (χ4n) is 3.31. The number of aromatic nitrogens is 3. The Hall–Kier alpha value is -4.21. The SMILES string of the molecule is COC(=O)NC(=N)c1ccc(-n2nc(C)n(-c3ccc(CCC(=O)OC(C)C)cc3)c2=O)cc1. The highest BCUT2D eigenvalue weighted by atomic mass is 16.5. The summed E-state index contributed by atoms with van der Waals surface area (Å²) in [5.41, 5.74) is 2.23. The van der Waals surface area contributed by atoms with Gasteiger partial charge >= 0.3 is 17.8 Å². The van der Waals surface area contributed by atoms with Crippen molar-refractivity contribution in [3.63, 3.8) is 0 Å². The summed E-state index contributed by atoms with van der Waals surface area (Å²) in [4.78, 5) is 36.1. The average molecular weight is 466 g/mol. The number of rotatable bonds is 7. The maximum atomic E-state index is 13.1. The molecule has 1 amide bonds. The Bertz CT molecular complexity index is 1240. The predicted molar refractivity (Wildman–Crippen MR) is 126 cm³/mol. The number of ether oxygens (including phenoxy) is 2. The lowest BCUT2D eigenvalue weighted by atomic mass is 10.1. The van der Waals surface area contributed by atoms with E-state index in [2.05, 4.69) is 15.2 Å². The van der Waals surface area contributed by atoms with Gasteiger partial charge in [-0.15, -0.1) is 5.10 Å². The summed E-state index contributed by atoms with van der Waals surface area (Å²) in [6, 6.07) is 13.9. The van der Waals surface area contributed by atoms with E-state index in [1.54, 1.807) is 31.2 Å². The number of benzene rings is 2. The second kappa shape index (κ2) is 10.6. The molecule has 0 aliphatic carbocycles. The Morgan fingerprint density at radius 3 is 2.26 bits per heavy atom. The number of nitrogens with one attached hydrogen (secondary N) is 2. The zero-order valence-electron chi connectivity index (χ0n) is 19.5. The van der Waals surface area contributed by atoms with Crippen LogP contribution >= 0.6 is 0 Å². The standard InChI is InChI=1S/C24H27N5O5/c1-15(2)34-21(30)14-7-17-5-10-19(11-6-17)28-16(3)27-29(24(28)32)20-12-8-18(9-13-20)22(25)26-23(31)33-4/h5-6,8-13,15H,7,14H2,1-4H3,(H2,25,26,31). The molecular formula is C24H27N5O5. The predicted octanol–water partition coefficient (Wildman–Crippen LogP) is 2.90. The number of aryl methyl sites for hydroxylation is 2. The van der Waals surface area contributed by atoms with E-state index >= 15 is 0 Å². The summed E-state index contributed by atoms with van der Waals surface area (Å²) >= 11 is 0. The number of esters is 1. The Morgan fingerprint density at radius 2 is 1.68 bits per heavy atom. The van der Waals surface area contributed by atoms with E-state index in [-0.39, 0.29) is 30.0 Å². The molecule has 178 valence electrons. The van der Waals surface area contributed by atoms with Crippen LogP contribution in [0.25, 0.3) is 11.4 Å². The van der Waals surface area contributed by atoms with Crippen LogP contribution in [0.3, 0.4) is 0 Å². The number of nitrogens with zero attached hydrogens (tertiary/aromatic N) is 3. The van der Waals surface area contributed by atoms with Crippen LogP contribution in [0.15, 0.2) is 53.3 Å². The smallest absolute Gasteiger partial charge is 0.412 e. The third kappa shape index (κ3) is 5.77. The first-order chi connectivity index (χ1) is 16.2. The van der Waals surface area contributed by atoms with Crippen molar-refractivity contribution in [2.75, 3.05) is 7.11 Å². The number of hydrogen-bond acceptors (Lipinski definition) is 7. The van der Waals surface area contributed by atoms with Crippen LogP contribution in [-0.2, 0) is 20.7 Å². The summed E-state index contributed by atoms with van der Waals surface area (Å²) in [6.07, 6.45) is -0.0373. The van der Waals surface area contributed by atoms with Gasteiger partial charge in [0.05, 0.1) is 24.6 Å². The zero-order valence-corrected chi connectivity index (χ0v) is 19.5. The minimum Gasteiger partial charge on any atom is -0.463 e. The molecule has 10 nitrogen and oxygen atoms in total. The van der Waals surface area contributed by atoms with E-state index in [0.29, 0.717) is 29.2 Å². The van der Waals surface area contributed by atoms with Crippen LogP contribution in [0.1, 0.15) is 37.2 Å². The van der Waals surface area contributed by atoms with Crippen molar-refractivity contribution in [2.45, 2.75) is 39.7 Å². The van der Waals surface area contributed by atoms with Gasteiger partial charge in [-0.05, 0) is 69.2 Å².